The second kappa shape index (κ2) is 6.79. The fraction of sp³-hybridized carbons (Fsp3) is 0.833. The normalized spacial score (nSPS) is 28.5. The minimum absolute atomic E-state index is 0.636. The Hall–Kier alpha value is -0.490. The van der Waals surface area contributed by atoms with Crippen molar-refractivity contribution in [3.8, 4) is 0 Å². The van der Waals surface area contributed by atoms with Gasteiger partial charge < -0.3 is 10.2 Å². The molecule has 0 aromatic carbocycles. The van der Waals surface area contributed by atoms with E-state index in [1.54, 1.807) is 11.3 Å². The first-order valence-corrected chi connectivity index (χ1v) is 10.1. The van der Waals surface area contributed by atoms with Crippen LogP contribution in [0.3, 0.4) is 0 Å². The summed E-state index contributed by atoms with van der Waals surface area (Å²) >= 11 is 1.79. The van der Waals surface area contributed by atoms with Crippen LogP contribution in [0.1, 0.15) is 37.1 Å². The molecule has 128 valence electrons. The van der Waals surface area contributed by atoms with Crippen molar-refractivity contribution < 1.29 is 0 Å². The number of nitrogens with zero attached hydrogens (tertiary/aromatic N) is 3. The number of rotatable bonds is 5. The van der Waals surface area contributed by atoms with Crippen LogP contribution in [-0.2, 0) is 6.54 Å². The molecule has 1 saturated carbocycles. The molecule has 0 bridgehead atoms. The molecule has 3 heterocycles. The summed E-state index contributed by atoms with van der Waals surface area (Å²) in [6, 6.07) is 0.799. The number of aromatic nitrogens is 1. The van der Waals surface area contributed by atoms with Crippen LogP contribution in [0.15, 0.2) is 11.6 Å². The monoisotopic (exact) mass is 334 g/mol. The van der Waals surface area contributed by atoms with Gasteiger partial charge in [0.05, 0.1) is 6.54 Å². The number of likely N-dealkylation sites (tertiary alicyclic amines) is 1. The Morgan fingerprint density at radius 1 is 1.35 bits per heavy atom. The summed E-state index contributed by atoms with van der Waals surface area (Å²) in [6.45, 7) is 7.48. The van der Waals surface area contributed by atoms with E-state index in [9.17, 15) is 0 Å². The van der Waals surface area contributed by atoms with Gasteiger partial charge in [-0.2, -0.15) is 0 Å². The highest BCUT2D eigenvalue weighted by Gasteiger charge is 2.56. The molecule has 1 aliphatic carbocycles. The van der Waals surface area contributed by atoms with E-state index in [2.05, 4.69) is 32.5 Å². The molecule has 1 unspecified atom stereocenters. The van der Waals surface area contributed by atoms with Crippen molar-refractivity contribution in [1.82, 2.24) is 20.1 Å². The Labute approximate surface area is 144 Å². The zero-order valence-electron chi connectivity index (χ0n) is 14.3. The van der Waals surface area contributed by atoms with Gasteiger partial charge in [-0.15, -0.1) is 11.3 Å². The van der Waals surface area contributed by atoms with E-state index in [0.29, 0.717) is 5.41 Å². The topological polar surface area (TPSA) is 31.4 Å². The van der Waals surface area contributed by atoms with E-state index in [0.717, 1.165) is 18.5 Å². The molecule has 1 atom stereocenters. The number of hydrogen-bond acceptors (Lipinski definition) is 5. The minimum Gasteiger partial charge on any atom is -0.317 e. The molecule has 4 rings (SSSR count). The van der Waals surface area contributed by atoms with Crippen molar-refractivity contribution in [2.24, 2.45) is 11.3 Å². The maximum Gasteiger partial charge on any atom is 0.107 e. The van der Waals surface area contributed by atoms with Gasteiger partial charge in [-0.1, -0.05) is 0 Å². The fourth-order valence-corrected chi connectivity index (χ4v) is 5.43. The molecule has 5 heteroatoms. The summed E-state index contributed by atoms with van der Waals surface area (Å²) < 4.78 is 0. The molecule has 1 aromatic rings. The van der Waals surface area contributed by atoms with Crippen LogP contribution in [0.25, 0.3) is 0 Å². The van der Waals surface area contributed by atoms with E-state index in [4.69, 9.17) is 0 Å². The van der Waals surface area contributed by atoms with Gasteiger partial charge >= 0.3 is 0 Å². The van der Waals surface area contributed by atoms with Gasteiger partial charge in [0.1, 0.15) is 5.01 Å². The van der Waals surface area contributed by atoms with E-state index in [-0.39, 0.29) is 0 Å². The second-order valence-electron chi connectivity index (χ2n) is 7.92. The van der Waals surface area contributed by atoms with Crippen molar-refractivity contribution >= 4 is 11.3 Å². The van der Waals surface area contributed by atoms with Gasteiger partial charge in [-0.05, 0) is 76.7 Å². The van der Waals surface area contributed by atoms with E-state index in [1.807, 2.05) is 6.20 Å². The predicted octanol–water partition coefficient (Wildman–Crippen LogP) is 2.43. The SMILES string of the molecule is CN(Cc1nccs1)C1CC12CCN(CC1CCNCC1)CC2. The van der Waals surface area contributed by atoms with Gasteiger partial charge in [-0.25, -0.2) is 4.98 Å². The standard InChI is InChI=1S/C18H30N4S/c1-21(14-17-20-8-11-23-17)16-12-18(16)4-9-22(10-5-18)13-15-2-6-19-7-3-15/h8,11,15-16,19H,2-7,9-10,12-14H2,1H3. The molecule has 3 aliphatic rings. The number of nitrogens with one attached hydrogen (secondary N) is 1. The average molecular weight is 335 g/mol. The first kappa shape index (κ1) is 16.0. The molecule has 0 radical (unpaired) electrons. The summed E-state index contributed by atoms with van der Waals surface area (Å²) in [5, 5.41) is 6.83. The van der Waals surface area contributed by atoms with Crippen LogP contribution < -0.4 is 5.32 Å². The van der Waals surface area contributed by atoms with Gasteiger partial charge in [0.15, 0.2) is 0 Å². The maximum absolute atomic E-state index is 4.44. The molecule has 2 aliphatic heterocycles. The second-order valence-corrected chi connectivity index (χ2v) is 8.90. The van der Waals surface area contributed by atoms with Gasteiger partial charge in [-0.3, -0.25) is 4.90 Å². The molecule has 1 aromatic heterocycles. The van der Waals surface area contributed by atoms with Crippen molar-refractivity contribution in [2.45, 2.75) is 44.7 Å². The highest BCUT2D eigenvalue weighted by atomic mass is 32.1. The Morgan fingerprint density at radius 3 is 2.83 bits per heavy atom. The number of hydrogen-bond donors (Lipinski definition) is 1. The predicted molar refractivity (Wildman–Crippen MR) is 95.7 cm³/mol. The Kier molecular flexibility index (Phi) is 4.72. The van der Waals surface area contributed by atoms with Gasteiger partial charge in [0.25, 0.3) is 0 Å². The molecule has 0 amide bonds. The molecular formula is C18H30N4S. The molecule has 4 nitrogen and oxygen atoms in total. The summed E-state index contributed by atoms with van der Waals surface area (Å²) in [5.74, 6) is 0.938. The van der Waals surface area contributed by atoms with Crippen molar-refractivity contribution in [1.29, 1.82) is 0 Å². The first-order valence-electron chi connectivity index (χ1n) is 9.27. The quantitative estimate of drug-likeness (QED) is 0.896. The lowest BCUT2D eigenvalue weighted by molar-refractivity contribution is 0.122. The summed E-state index contributed by atoms with van der Waals surface area (Å²) in [6.07, 6.45) is 8.91. The summed E-state index contributed by atoms with van der Waals surface area (Å²) in [5.41, 5.74) is 0.636. The number of thiazole rings is 1. The zero-order chi connectivity index (χ0) is 15.7. The highest BCUT2D eigenvalue weighted by Crippen LogP contribution is 2.56. The molecular weight excluding hydrogens is 304 g/mol. The van der Waals surface area contributed by atoms with Crippen LogP contribution in [0.2, 0.25) is 0 Å². The average Bonchev–Trinajstić information content (AvgIpc) is 3.02. The minimum atomic E-state index is 0.636. The van der Waals surface area contributed by atoms with E-state index >= 15 is 0 Å². The lowest BCUT2D eigenvalue weighted by Gasteiger charge is -2.37. The molecule has 3 fully saturated rings. The van der Waals surface area contributed by atoms with Crippen LogP contribution >= 0.6 is 11.3 Å². The van der Waals surface area contributed by atoms with Crippen molar-refractivity contribution in [2.75, 3.05) is 39.8 Å². The maximum atomic E-state index is 4.44. The first-order chi connectivity index (χ1) is 11.3. The van der Waals surface area contributed by atoms with Crippen LogP contribution in [-0.4, -0.2) is 60.6 Å². The summed E-state index contributed by atoms with van der Waals surface area (Å²) in [7, 11) is 2.29. The van der Waals surface area contributed by atoms with Crippen LogP contribution in [0, 0.1) is 11.3 Å². The molecule has 23 heavy (non-hydrogen) atoms. The van der Waals surface area contributed by atoms with Gasteiger partial charge in [0, 0.05) is 24.2 Å². The van der Waals surface area contributed by atoms with E-state index < -0.39 is 0 Å². The lowest BCUT2D eigenvalue weighted by atomic mass is 9.90. The smallest absolute Gasteiger partial charge is 0.107 e. The lowest BCUT2D eigenvalue weighted by Crippen LogP contribution is -2.42. The fourth-order valence-electron chi connectivity index (χ4n) is 4.75. The largest absolute Gasteiger partial charge is 0.317 e. The molecule has 1 N–H and O–H groups in total. The third kappa shape index (κ3) is 3.63. The Bertz CT molecular complexity index is 489. The highest BCUT2D eigenvalue weighted by molar-refractivity contribution is 7.09. The Morgan fingerprint density at radius 2 is 2.13 bits per heavy atom. The van der Waals surface area contributed by atoms with Crippen LogP contribution in [0.5, 0.6) is 0 Å². The van der Waals surface area contributed by atoms with Crippen LogP contribution in [0.4, 0.5) is 0 Å². The number of piperidine rings is 2. The van der Waals surface area contributed by atoms with Crippen molar-refractivity contribution in [3.05, 3.63) is 16.6 Å². The molecule has 2 saturated heterocycles. The third-order valence-electron chi connectivity index (χ3n) is 6.37. The Balaban J connectivity index is 1.23. The summed E-state index contributed by atoms with van der Waals surface area (Å²) in [4.78, 5) is 9.74. The third-order valence-corrected chi connectivity index (χ3v) is 7.14. The van der Waals surface area contributed by atoms with Gasteiger partial charge in [0.2, 0.25) is 0 Å². The zero-order valence-corrected chi connectivity index (χ0v) is 15.2. The van der Waals surface area contributed by atoms with E-state index in [1.165, 1.54) is 69.8 Å². The van der Waals surface area contributed by atoms with Crippen molar-refractivity contribution in [3.63, 3.8) is 0 Å². The molecule has 1 spiro atoms.